The van der Waals surface area contributed by atoms with Gasteiger partial charge in [-0.1, -0.05) is 109 Å². The highest BCUT2D eigenvalue weighted by Gasteiger charge is 2.27. The summed E-state index contributed by atoms with van der Waals surface area (Å²) in [5.74, 6) is 0.886. The summed E-state index contributed by atoms with van der Waals surface area (Å²) in [6, 6.07) is 54.3. The number of thiophene rings is 2. The average Bonchev–Trinajstić information content (AvgIpc) is 3.89. The fraction of sp³-hybridized carbons (Fsp3) is 0.0444. The van der Waals surface area contributed by atoms with Gasteiger partial charge in [0.05, 0.1) is 0 Å². The van der Waals surface area contributed by atoms with Crippen LogP contribution >= 0.6 is 22.7 Å². The van der Waals surface area contributed by atoms with Gasteiger partial charge in [-0.05, 0) is 64.7 Å². The van der Waals surface area contributed by atoms with Crippen molar-refractivity contribution in [3.05, 3.63) is 168 Å². The molecule has 1 aliphatic heterocycles. The minimum absolute atomic E-state index is 0.126. The van der Waals surface area contributed by atoms with Gasteiger partial charge < -0.3 is 9.73 Å². The van der Waals surface area contributed by atoms with Crippen LogP contribution in [0, 0.1) is 0 Å². The van der Waals surface area contributed by atoms with Crippen molar-refractivity contribution in [2.24, 2.45) is 4.99 Å². The van der Waals surface area contributed by atoms with Crippen molar-refractivity contribution in [1.29, 1.82) is 0 Å². The molecule has 1 aliphatic rings. The van der Waals surface area contributed by atoms with E-state index in [2.05, 4.69) is 150 Å². The van der Waals surface area contributed by atoms with Crippen molar-refractivity contribution >= 4 is 90.8 Å². The number of rotatable bonds is 4. The number of benzene rings is 7. The number of furan rings is 1. The first-order valence-corrected chi connectivity index (χ1v) is 18.8. The second-order valence-corrected chi connectivity index (χ2v) is 15.3. The zero-order chi connectivity index (χ0) is 33.5. The summed E-state index contributed by atoms with van der Waals surface area (Å²) >= 11 is 3.72. The Hall–Kier alpha value is -5.79. The van der Waals surface area contributed by atoms with Crippen molar-refractivity contribution in [2.75, 3.05) is 0 Å². The first-order chi connectivity index (χ1) is 25.2. The zero-order valence-corrected chi connectivity index (χ0v) is 28.9. The average molecular weight is 692 g/mol. The summed E-state index contributed by atoms with van der Waals surface area (Å²) < 4.78 is 11.3. The third-order valence-electron chi connectivity index (χ3n) is 10.2. The molecule has 4 heterocycles. The molecule has 6 heteroatoms. The second-order valence-electron chi connectivity index (χ2n) is 13.2. The Labute approximate surface area is 301 Å². The van der Waals surface area contributed by atoms with Crippen LogP contribution in [0.4, 0.5) is 0 Å². The molecule has 0 aliphatic carbocycles. The predicted octanol–water partition coefficient (Wildman–Crippen LogP) is 12.3. The molecule has 0 spiro atoms. The SMILES string of the molecule is c1ccc(C2NC(c3cccc4c3sc3ccc(-c5cccc6c5sc5ccccc56)cc34)=NC(c3ccc4oc5ccccc5c4c3)N2)cc1. The fourth-order valence-corrected chi connectivity index (χ4v) is 10.2. The zero-order valence-electron chi connectivity index (χ0n) is 27.3. The summed E-state index contributed by atoms with van der Waals surface area (Å²) in [7, 11) is 0. The highest BCUT2D eigenvalue weighted by atomic mass is 32.1. The largest absolute Gasteiger partial charge is 0.456 e. The van der Waals surface area contributed by atoms with Crippen LogP contribution in [-0.4, -0.2) is 5.84 Å². The van der Waals surface area contributed by atoms with Gasteiger partial charge in [-0.15, -0.1) is 22.7 Å². The first kappa shape index (κ1) is 29.0. The van der Waals surface area contributed by atoms with E-state index in [9.17, 15) is 0 Å². The Morgan fingerprint density at radius 1 is 0.490 bits per heavy atom. The molecule has 0 saturated heterocycles. The molecular weight excluding hydrogens is 663 g/mol. The summed E-state index contributed by atoms with van der Waals surface area (Å²) in [5.41, 5.74) is 7.68. The van der Waals surface area contributed by atoms with Gasteiger partial charge in [-0.3, -0.25) is 5.32 Å². The Balaban J connectivity index is 1.05. The third-order valence-corrected chi connectivity index (χ3v) is 12.6. The number of hydrogen-bond donors (Lipinski definition) is 2. The molecule has 2 unspecified atom stereocenters. The van der Waals surface area contributed by atoms with Gasteiger partial charge >= 0.3 is 0 Å². The molecule has 0 fully saturated rings. The first-order valence-electron chi connectivity index (χ1n) is 17.2. The molecule has 3 aromatic heterocycles. The molecular formula is C45H29N3OS2. The fourth-order valence-electron chi connectivity index (χ4n) is 7.72. The van der Waals surface area contributed by atoms with E-state index in [0.717, 1.165) is 44.5 Å². The molecule has 242 valence electrons. The molecule has 0 radical (unpaired) electrons. The number of fused-ring (bicyclic) bond motifs is 9. The van der Waals surface area contributed by atoms with E-state index in [0.29, 0.717) is 0 Å². The highest BCUT2D eigenvalue weighted by molar-refractivity contribution is 7.26. The topological polar surface area (TPSA) is 49.6 Å². The number of para-hydroxylation sites is 1. The van der Waals surface area contributed by atoms with Crippen LogP contribution in [0.5, 0.6) is 0 Å². The Kier molecular flexibility index (Phi) is 6.46. The normalized spacial score (nSPS) is 16.4. The lowest BCUT2D eigenvalue weighted by Gasteiger charge is -2.32. The summed E-state index contributed by atoms with van der Waals surface area (Å²) in [6.45, 7) is 0. The van der Waals surface area contributed by atoms with Gasteiger partial charge in [-0.25, -0.2) is 4.99 Å². The van der Waals surface area contributed by atoms with Gasteiger partial charge in [0.15, 0.2) is 0 Å². The number of hydrogen-bond acceptors (Lipinski definition) is 6. The van der Waals surface area contributed by atoms with E-state index in [1.54, 1.807) is 0 Å². The van der Waals surface area contributed by atoms with Gasteiger partial charge in [0.1, 0.15) is 29.3 Å². The summed E-state index contributed by atoms with van der Waals surface area (Å²) in [5, 5.41) is 15.0. The van der Waals surface area contributed by atoms with Crippen LogP contribution in [0.2, 0.25) is 0 Å². The van der Waals surface area contributed by atoms with E-state index in [4.69, 9.17) is 9.41 Å². The monoisotopic (exact) mass is 691 g/mol. The summed E-state index contributed by atoms with van der Waals surface area (Å²) in [4.78, 5) is 5.38. The number of nitrogens with zero attached hydrogens (tertiary/aromatic N) is 1. The van der Waals surface area contributed by atoms with Crippen LogP contribution in [-0.2, 0) is 0 Å². The number of aliphatic imine (C=N–C) groups is 1. The number of nitrogens with one attached hydrogen (secondary N) is 2. The number of amidine groups is 1. The maximum absolute atomic E-state index is 6.16. The molecule has 0 saturated carbocycles. The molecule has 7 aromatic carbocycles. The Morgan fingerprint density at radius 2 is 1.18 bits per heavy atom. The van der Waals surface area contributed by atoms with Gasteiger partial charge in [-0.2, -0.15) is 0 Å². The molecule has 2 N–H and O–H groups in total. The minimum Gasteiger partial charge on any atom is -0.456 e. The molecule has 0 bridgehead atoms. The Bertz CT molecular complexity index is 3010. The van der Waals surface area contributed by atoms with Gasteiger partial charge in [0.25, 0.3) is 0 Å². The Morgan fingerprint density at radius 3 is 2.06 bits per heavy atom. The van der Waals surface area contributed by atoms with Gasteiger partial charge in [0.2, 0.25) is 0 Å². The maximum Gasteiger partial charge on any atom is 0.135 e. The second kappa shape index (κ2) is 11.4. The van der Waals surface area contributed by atoms with Crippen molar-refractivity contribution in [1.82, 2.24) is 10.6 Å². The molecule has 51 heavy (non-hydrogen) atoms. The van der Waals surface area contributed by atoms with E-state index < -0.39 is 0 Å². The molecule has 10 aromatic rings. The molecule has 0 amide bonds. The maximum atomic E-state index is 6.16. The van der Waals surface area contributed by atoms with E-state index in [1.165, 1.54) is 51.5 Å². The lowest BCUT2D eigenvalue weighted by molar-refractivity contribution is 0.409. The van der Waals surface area contributed by atoms with Crippen LogP contribution in [0.25, 0.3) is 73.4 Å². The van der Waals surface area contributed by atoms with Crippen LogP contribution in [0.3, 0.4) is 0 Å². The van der Waals surface area contributed by atoms with Crippen LogP contribution in [0.1, 0.15) is 29.0 Å². The summed E-state index contributed by atoms with van der Waals surface area (Å²) in [6.07, 6.45) is -0.388. The molecule has 2 atom stereocenters. The van der Waals surface area contributed by atoms with Crippen molar-refractivity contribution < 1.29 is 4.42 Å². The van der Waals surface area contributed by atoms with Gasteiger partial charge in [0, 0.05) is 56.7 Å². The predicted molar refractivity (Wildman–Crippen MR) is 216 cm³/mol. The molecule has 11 rings (SSSR count). The standard InChI is InChI=1S/C45H29N3OS2/c1-2-10-26(11-3-1)43-46-44(28-20-22-38-35(25-28)30-12-4-6-18-37(30)49-38)48-45(47-43)34-17-9-16-33-36-24-27(21-23-40(36)51-42(33)34)29-14-8-15-32-31-13-5-7-19-39(31)50-41(29)32/h1-25,43-44,46H,(H,47,48). The van der Waals surface area contributed by atoms with E-state index >= 15 is 0 Å². The van der Waals surface area contributed by atoms with Crippen molar-refractivity contribution in [3.63, 3.8) is 0 Å². The van der Waals surface area contributed by atoms with E-state index in [-0.39, 0.29) is 12.3 Å². The lowest BCUT2D eigenvalue weighted by atomic mass is 10.00. The quantitative estimate of drug-likeness (QED) is 0.193. The molecule has 4 nitrogen and oxygen atoms in total. The highest BCUT2D eigenvalue weighted by Crippen LogP contribution is 2.43. The smallest absolute Gasteiger partial charge is 0.135 e. The van der Waals surface area contributed by atoms with Crippen LogP contribution in [0.15, 0.2) is 161 Å². The van der Waals surface area contributed by atoms with Crippen molar-refractivity contribution in [2.45, 2.75) is 12.3 Å². The van der Waals surface area contributed by atoms with E-state index in [1.807, 2.05) is 34.8 Å². The lowest BCUT2D eigenvalue weighted by Crippen LogP contribution is -2.44. The van der Waals surface area contributed by atoms with Crippen molar-refractivity contribution in [3.8, 4) is 11.1 Å². The van der Waals surface area contributed by atoms with Crippen LogP contribution < -0.4 is 10.6 Å². The minimum atomic E-state index is -0.262. The third kappa shape index (κ3) is 4.65.